The summed E-state index contributed by atoms with van der Waals surface area (Å²) in [6.07, 6.45) is 1.75. The predicted octanol–water partition coefficient (Wildman–Crippen LogP) is 3.03. The van der Waals surface area contributed by atoms with Gasteiger partial charge in [-0.15, -0.1) is 0 Å². The van der Waals surface area contributed by atoms with Crippen molar-refractivity contribution in [3.8, 4) is 11.5 Å². The van der Waals surface area contributed by atoms with Gasteiger partial charge in [0.2, 0.25) is 5.91 Å². The molecule has 1 aliphatic heterocycles. The third-order valence-electron chi connectivity index (χ3n) is 4.46. The molecule has 0 unspecified atom stereocenters. The quantitative estimate of drug-likeness (QED) is 0.673. The van der Waals surface area contributed by atoms with Gasteiger partial charge in [-0.2, -0.15) is 0 Å². The first-order valence-electron chi connectivity index (χ1n) is 9.28. The van der Waals surface area contributed by atoms with Gasteiger partial charge >= 0.3 is 0 Å². The van der Waals surface area contributed by atoms with Crippen LogP contribution in [-0.2, 0) is 11.2 Å². The average molecular weight is 392 g/mol. The summed E-state index contributed by atoms with van der Waals surface area (Å²) in [5.74, 6) is 0.573. The molecule has 2 amide bonds. The van der Waals surface area contributed by atoms with E-state index in [1.165, 1.54) is 6.26 Å². The first kappa shape index (κ1) is 18.6. The molecule has 0 spiro atoms. The van der Waals surface area contributed by atoms with Gasteiger partial charge in [-0.25, -0.2) is 0 Å². The smallest absolute Gasteiger partial charge is 0.287 e. The second-order valence-corrected chi connectivity index (χ2v) is 6.54. The summed E-state index contributed by atoms with van der Waals surface area (Å²) >= 11 is 0. The number of carbonyl (C=O) groups is 2. The maximum absolute atomic E-state index is 13.0. The Labute approximate surface area is 167 Å². The molecule has 1 atom stereocenters. The van der Waals surface area contributed by atoms with E-state index in [1.807, 2.05) is 30.3 Å². The zero-order chi connectivity index (χ0) is 20.1. The number of nitrogens with one attached hydrogen (secondary N) is 2. The van der Waals surface area contributed by atoms with Crippen molar-refractivity contribution >= 4 is 17.5 Å². The fourth-order valence-corrected chi connectivity index (χ4v) is 3.05. The van der Waals surface area contributed by atoms with Gasteiger partial charge in [0.1, 0.15) is 19.3 Å². The number of amides is 2. The molecule has 2 aromatic carbocycles. The van der Waals surface area contributed by atoms with Crippen LogP contribution in [0.5, 0.6) is 11.5 Å². The van der Waals surface area contributed by atoms with Crippen molar-refractivity contribution in [2.75, 3.05) is 18.5 Å². The molecule has 1 aromatic heterocycles. The van der Waals surface area contributed by atoms with E-state index in [1.54, 1.807) is 30.3 Å². The zero-order valence-corrected chi connectivity index (χ0v) is 15.6. The molecular formula is C22H20N2O5. The fraction of sp³-hybridized carbons (Fsp3) is 0.182. The molecule has 7 nitrogen and oxygen atoms in total. The van der Waals surface area contributed by atoms with E-state index in [-0.39, 0.29) is 11.7 Å². The Morgan fingerprint density at radius 2 is 1.72 bits per heavy atom. The van der Waals surface area contributed by atoms with E-state index >= 15 is 0 Å². The minimum Gasteiger partial charge on any atom is -0.486 e. The van der Waals surface area contributed by atoms with E-state index in [9.17, 15) is 9.59 Å². The van der Waals surface area contributed by atoms with Gasteiger partial charge in [-0.1, -0.05) is 30.3 Å². The molecule has 4 rings (SSSR count). The van der Waals surface area contributed by atoms with E-state index < -0.39 is 11.9 Å². The van der Waals surface area contributed by atoms with Crippen LogP contribution < -0.4 is 20.1 Å². The van der Waals surface area contributed by atoms with E-state index in [0.717, 1.165) is 5.56 Å². The lowest BCUT2D eigenvalue weighted by Crippen LogP contribution is -2.45. The Kier molecular flexibility index (Phi) is 5.47. The van der Waals surface area contributed by atoms with Gasteiger partial charge in [-0.3, -0.25) is 9.59 Å². The van der Waals surface area contributed by atoms with Gasteiger partial charge in [0, 0.05) is 18.2 Å². The molecular weight excluding hydrogens is 372 g/mol. The highest BCUT2D eigenvalue weighted by Crippen LogP contribution is 2.32. The SMILES string of the molecule is O=C(N[C@@H](Cc1ccccc1)C(=O)Nc1ccc2c(c1)OCCO2)c1ccco1. The summed E-state index contributed by atoms with van der Waals surface area (Å²) < 4.78 is 16.2. The first-order chi connectivity index (χ1) is 14.2. The van der Waals surface area contributed by atoms with Crippen LogP contribution in [0.4, 0.5) is 5.69 Å². The molecule has 0 bridgehead atoms. The first-order valence-corrected chi connectivity index (χ1v) is 9.28. The zero-order valence-electron chi connectivity index (χ0n) is 15.6. The summed E-state index contributed by atoms with van der Waals surface area (Å²) in [5, 5.41) is 5.59. The molecule has 3 aromatic rings. The number of benzene rings is 2. The molecule has 148 valence electrons. The van der Waals surface area contributed by atoms with Crippen molar-refractivity contribution in [3.63, 3.8) is 0 Å². The molecule has 0 fully saturated rings. The van der Waals surface area contributed by atoms with Crippen LogP contribution in [-0.4, -0.2) is 31.1 Å². The number of ether oxygens (including phenoxy) is 2. The standard InChI is InChI=1S/C22H20N2O5/c25-21(23-16-8-9-18-20(14-16)29-12-11-28-18)17(13-15-5-2-1-3-6-15)24-22(26)19-7-4-10-27-19/h1-10,14,17H,11-13H2,(H,23,25)(H,24,26)/t17-/m0/s1. The molecule has 2 N–H and O–H groups in total. The van der Waals surface area contributed by atoms with Crippen molar-refractivity contribution in [1.29, 1.82) is 0 Å². The van der Waals surface area contributed by atoms with Crippen molar-refractivity contribution in [1.82, 2.24) is 5.32 Å². The third kappa shape index (κ3) is 4.57. The van der Waals surface area contributed by atoms with Crippen molar-refractivity contribution in [2.45, 2.75) is 12.5 Å². The third-order valence-corrected chi connectivity index (χ3v) is 4.46. The number of fused-ring (bicyclic) bond motifs is 1. The maximum Gasteiger partial charge on any atom is 0.287 e. The number of hydrogen-bond acceptors (Lipinski definition) is 5. The molecule has 29 heavy (non-hydrogen) atoms. The minimum absolute atomic E-state index is 0.148. The number of rotatable bonds is 6. The van der Waals surface area contributed by atoms with Crippen molar-refractivity contribution < 1.29 is 23.5 Å². The van der Waals surface area contributed by atoms with Crippen LogP contribution in [0.2, 0.25) is 0 Å². The Balaban J connectivity index is 1.51. The van der Waals surface area contributed by atoms with Crippen LogP contribution in [0, 0.1) is 0 Å². The summed E-state index contributed by atoms with van der Waals surface area (Å²) in [5.41, 5.74) is 1.49. The molecule has 0 radical (unpaired) electrons. The molecule has 7 heteroatoms. The van der Waals surface area contributed by atoms with Crippen LogP contribution in [0.25, 0.3) is 0 Å². The van der Waals surface area contributed by atoms with E-state index in [4.69, 9.17) is 13.9 Å². The second-order valence-electron chi connectivity index (χ2n) is 6.54. The van der Waals surface area contributed by atoms with Gasteiger partial charge in [0.05, 0.1) is 6.26 Å². The highest BCUT2D eigenvalue weighted by atomic mass is 16.6. The van der Waals surface area contributed by atoms with Gasteiger partial charge in [-0.05, 0) is 29.8 Å². The molecule has 2 heterocycles. The highest BCUT2D eigenvalue weighted by Gasteiger charge is 2.24. The number of anilines is 1. The number of carbonyl (C=O) groups excluding carboxylic acids is 2. The predicted molar refractivity (Wildman–Crippen MR) is 106 cm³/mol. The number of furan rings is 1. The largest absolute Gasteiger partial charge is 0.486 e. The Bertz CT molecular complexity index is 986. The molecule has 0 saturated heterocycles. The summed E-state index contributed by atoms with van der Waals surface area (Å²) in [7, 11) is 0. The van der Waals surface area contributed by atoms with Crippen LogP contribution in [0.15, 0.2) is 71.3 Å². The normalized spacial score (nSPS) is 13.4. The lowest BCUT2D eigenvalue weighted by atomic mass is 10.0. The molecule has 0 aliphatic carbocycles. The molecule has 0 saturated carbocycles. The van der Waals surface area contributed by atoms with Crippen LogP contribution >= 0.6 is 0 Å². The van der Waals surface area contributed by atoms with Crippen molar-refractivity contribution in [2.24, 2.45) is 0 Å². The summed E-state index contributed by atoms with van der Waals surface area (Å²) in [6.45, 7) is 0.955. The summed E-state index contributed by atoms with van der Waals surface area (Å²) in [4.78, 5) is 25.4. The number of hydrogen-bond donors (Lipinski definition) is 2. The van der Waals surface area contributed by atoms with E-state index in [2.05, 4.69) is 10.6 Å². The molecule has 1 aliphatic rings. The highest BCUT2D eigenvalue weighted by molar-refractivity contribution is 6.00. The monoisotopic (exact) mass is 392 g/mol. The second kappa shape index (κ2) is 8.52. The average Bonchev–Trinajstić information content (AvgIpc) is 3.29. The summed E-state index contributed by atoms with van der Waals surface area (Å²) in [6, 6.07) is 17.1. The lowest BCUT2D eigenvalue weighted by Gasteiger charge is -2.21. The van der Waals surface area contributed by atoms with Crippen LogP contribution in [0.1, 0.15) is 16.1 Å². The lowest BCUT2D eigenvalue weighted by molar-refractivity contribution is -0.118. The van der Waals surface area contributed by atoms with Gasteiger partial charge in [0.25, 0.3) is 5.91 Å². The van der Waals surface area contributed by atoms with Gasteiger partial charge in [0.15, 0.2) is 17.3 Å². The fourth-order valence-electron chi connectivity index (χ4n) is 3.05. The topological polar surface area (TPSA) is 89.8 Å². The van der Waals surface area contributed by atoms with Crippen molar-refractivity contribution in [3.05, 3.63) is 78.3 Å². The van der Waals surface area contributed by atoms with E-state index in [0.29, 0.717) is 36.8 Å². The Hall–Kier alpha value is -3.74. The maximum atomic E-state index is 13.0. The Morgan fingerprint density at radius 3 is 2.48 bits per heavy atom. The Morgan fingerprint density at radius 1 is 0.931 bits per heavy atom. The minimum atomic E-state index is -0.789. The van der Waals surface area contributed by atoms with Crippen LogP contribution in [0.3, 0.4) is 0 Å². The van der Waals surface area contributed by atoms with Gasteiger partial charge < -0.3 is 24.5 Å².